The minimum atomic E-state index is 0.554. The molecule has 0 aromatic rings. The number of rotatable bonds is 14. The number of nitrogens with one attached hydrogen (secondary N) is 1. The average molecular weight is 271 g/mol. The Balaban J connectivity index is 3.14. The van der Waals surface area contributed by atoms with Gasteiger partial charge in [-0.15, -0.1) is 0 Å². The van der Waals surface area contributed by atoms with Gasteiger partial charge in [-0.25, -0.2) is 0 Å². The molecule has 0 aliphatic heterocycles. The monoisotopic (exact) mass is 270 g/mol. The molecule has 0 aromatic carbocycles. The second kappa shape index (κ2) is 14.3. The van der Waals surface area contributed by atoms with Crippen molar-refractivity contribution in [3.63, 3.8) is 0 Å². The van der Waals surface area contributed by atoms with Gasteiger partial charge in [0.25, 0.3) is 0 Å². The highest BCUT2D eigenvalue weighted by Gasteiger charge is 2.05. The van der Waals surface area contributed by atoms with Gasteiger partial charge in [0, 0.05) is 0 Å². The van der Waals surface area contributed by atoms with E-state index in [1.807, 2.05) is 0 Å². The lowest BCUT2D eigenvalue weighted by molar-refractivity contribution is 0.238. The largest absolute Gasteiger partial charge is 0.302 e. The van der Waals surface area contributed by atoms with Gasteiger partial charge >= 0.3 is 0 Å². The van der Waals surface area contributed by atoms with Gasteiger partial charge in [0.2, 0.25) is 0 Å². The molecule has 0 heterocycles. The molecular weight excluding hydrogens is 232 g/mol. The van der Waals surface area contributed by atoms with Gasteiger partial charge in [-0.05, 0) is 33.5 Å². The van der Waals surface area contributed by atoms with E-state index < -0.39 is 0 Å². The fourth-order valence-corrected chi connectivity index (χ4v) is 2.57. The summed E-state index contributed by atoms with van der Waals surface area (Å²) >= 11 is 0. The predicted molar refractivity (Wildman–Crippen MR) is 87.6 cm³/mol. The molecule has 1 unspecified atom stereocenters. The zero-order chi connectivity index (χ0) is 14.3. The van der Waals surface area contributed by atoms with Gasteiger partial charge in [-0.2, -0.15) is 0 Å². The third kappa shape index (κ3) is 12.7. The standard InChI is InChI=1S/C17H38N2/c1-5-7-8-9-10-11-12-13-14-15-16-18-17(6-2)19(3)4/h17-18H,5-16H2,1-4H3. The van der Waals surface area contributed by atoms with Crippen LogP contribution in [-0.2, 0) is 0 Å². The number of nitrogens with zero attached hydrogens (tertiary/aromatic N) is 1. The van der Waals surface area contributed by atoms with Crippen molar-refractivity contribution in [3.8, 4) is 0 Å². The van der Waals surface area contributed by atoms with Crippen LogP contribution >= 0.6 is 0 Å². The zero-order valence-electron chi connectivity index (χ0n) is 14.0. The molecule has 0 aromatic heterocycles. The third-order valence-electron chi connectivity index (χ3n) is 3.92. The Morgan fingerprint density at radius 3 is 1.63 bits per heavy atom. The van der Waals surface area contributed by atoms with Gasteiger partial charge in [0.05, 0.1) is 6.17 Å². The molecule has 0 spiro atoms. The highest BCUT2D eigenvalue weighted by molar-refractivity contribution is 4.61. The maximum absolute atomic E-state index is 3.62. The van der Waals surface area contributed by atoms with E-state index in [9.17, 15) is 0 Å². The van der Waals surface area contributed by atoms with E-state index in [4.69, 9.17) is 0 Å². The summed E-state index contributed by atoms with van der Waals surface area (Å²) in [5, 5.41) is 3.62. The SMILES string of the molecule is CCCCCCCCCCCCNC(CC)N(C)C. The molecule has 0 radical (unpaired) electrons. The van der Waals surface area contributed by atoms with Crippen molar-refractivity contribution in [2.75, 3.05) is 20.6 Å². The molecule has 0 amide bonds. The van der Waals surface area contributed by atoms with Gasteiger partial charge in [0.15, 0.2) is 0 Å². The highest BCUT2D eigenvalue weighted by atomic mass is 15.2. The second-order valence-corrected chi connectivity index (χ2v) is 6.02. The molecule has 1 N–H and O–H groups in total. The Labute approximate surface area is 122 Å². The molecule has 2 nitrogen and oxygen atoms in total. The van der Waals surface area contributed by atoms with Crippen molar-refractivity contribution in [2.24, 2.45) is 0 Å². The van der Waals surface area contributed by atoms with Gasteiger partial charge in [0.1, 0.15) is 0 Å². The summed E-state index contributed by atoms with van der Waals surface area (Å²) in [5.41, 5.74) is 0. The molecule has 0 aliphatic rings. The molecule has 0 saturated carbocycles. The molecule has 0 rings (SSSR count). The van der Waals surface area contributed by atoms with Crippen molar-refractivity contribution in [1.29, 1.82) is 0 Å². The van der Waals surface area contributed by atoms with Gasteiger partial charge in [-0.3, -0.25) is 4.90 Å². The summed E-state index contributed by atoms with van der Waals surface area (Å²) in [6.45, 7) is 5.71. The van der Waals surface area contributed by atoms with Crippen LogP contribution in [0.5, 0.6) is 0 Å². The topological polar surface area (TPSA) is 15.3 Å². The van der Waals surface area contributed by atoms with Gasteiger partial charge in [-0.1, -0.05) is 71.6 Å². The number of hydrogen-bond donors (Lipinski definition) is 1. The lowest BCUT2D eigenvalue weighted by atomic mass is 10.1. The number of hydrogen-bond acceptors (Lipinski definition) is 2. The maximum atomic E-state index is 3.62. The van der Waals surface area contributed by atoms with E-state index in [1.54, 1.807) is 0 Å². The summed E-state index contributed by atoms with van der Waals surface area (Å²) < 4.78 is 0. The molecule has 0 saturated heterocycles. The molecule has 0 fully saturated rings. The van der Waals surface area contributed by atoms with E-state index in [0.29, 0.717) is 6.17 Å². The Hall–Kier alpha value is -0.0800. The fraction of sp³-hybridized carbons (Fsp3) is 1.00. The predicted octanol–water partition coefficient (Wildman–Crippen LogP) is 4.79. The van der Waals surface area contributed by atoms with Crippen LogP contribution in [0.1, 0.15) is 84.5 Å². The first-order valence-corrected chi connectivity index (χ1v) is 8.62. The molecule has 116 valence electrons. The Bertz CT molecular complexity index is 169. The van der Waals surface area contributed by atoms with E-state index in [2.05, 4.69) is 38.2 Å². The fourth-order valence-electron chi connectivity index (χ4n) is 2.57. The molecule has 1 atom stereocenters. The van der Waals surface area contributed by atoms with Crippen LogP contribution < -0.4 is 5.32 Å². The van der Waals surface area contributed by atoms with E-state index in [-0.39, 0.29) is 0 Å². The van der Waals surface area contributed by atoms with Crippen molar-refractivity contribution in [1.82, 2.24) is 10.2 Å². The minimum absolute atomic E-state index is 0.554. The number of unbranched alkanes of at least 4 members (excludes halogenated alkanes) is 9. The van der Waals surface area contributed by atoms with E-state index >= 15 is 0 Å². The Morgan fingerprint density at radius 2 is 1.21 bits per heavy atom. The van der Waals surface area contributed by atoms with Crippen molar-refractivity contribution in [2.45, 2.75) is 90.6 Å². The first-order valence-electron chi connectivity index (χ1n) is 8.62. The van der Waals surface area contributed by atoms with Crippen LogP contribution in [-0.4, -0.2) is 31.7 Å². The minimum Gasteiger partial charge on any atom is -0.302 e. The van der Waals surface area contributed by atoms with Crippen LogP contribution in [0.2, 0.25) is 0 Å². The first-order chi connectivity index (χ1) is 9.22. The van der Waals surface area contributed by atoms with E-state index in [1.165, 1.54) is 77.2 Å². The normalized spacial score (nSPS) is 13.1. The quantitative estimate of drug-likeness (QED) is 0.360. The van der Waals surface area contributed by atoms with Crippen LogP contribution in [0.3, 0.4) is 0 Å². The Morgan fingerprint density at radius 1 is 0.737 bits per heavy atom. The molecule has 19 heavy (non-hydrogen) atoms. The molecule has 0 bridgehead atoms. The van der Waals surface area contributed by atoms with Crippen LogP contribution in [0.15, 0.2) is 0 Å². The van der Waals surface area contributed by atoms with Crippen LogP contribution in [0, 0.1) is 0 Å². The summed E-state index contributed by atoms with van der Waals surface area (Å²) in [7, 11) is 4.30. The molecule has 2 heteroatoms. The van der Waals surface area contributed by atoms with Crippen molar-refractivity contribution < 1.29 is 0 Å². The first kappa shape index (κ1) is 18.9. The third-order valence-corrected chi connectivity index (χ3v) is 3.92. The maximum Gasteiger partial charge on any atom is 0.0589 e. The summed E-state index contributed by atoms with van der Waals surface area (Å²) in [6, 6.07) is 0. The summed E-state index contributed by atoms with van der Waals surface area (Å²) in [4.78, 5) is 2.27. The molecule has 0 aliphatic carbocycles. The lowest BCUT2D eigenvalue weighted by Crippen LogP contribution is -2.41. The van der Waals surface area contributed by atoms with Crippen LogP contribution in [0.25, 0.3) is 0 Å². The second-order valence-electron chi connectivity index (χ2n) is 6.02. The van der Waals surface area contributed by atoms with E-state index in [0.717, 1.165) is 0 Å². The summed E-state index contributed by atoms with van der Waals surface area (Å²) in [5.74, 6) is 0. The van der Waals surface area contributed by atoms with Gasteiger partial charge < -0.3 is 5.32 Å². The zero-order valence-corrected chi connectivity index (χ0v) is 14.0. The highest BCUT2D eigenvalue weighted by Crippen LogP contribution is 2.10. The smallest absolute Gasteiger partial charge is 0.0589 e. The molecular formula is C17H38N2. The van der Waals surface area contributed by atoms with Crippen molar-refractivity contribution in [3.05, 3.63) is 0 Å². The lowest BCUT2D eigenvalue weighted by Gasteiger charge is -2.24. The summed E-state index contributed by atoms with van der Waals surface area (Å²) in [6.07, 6.45) is 15.9. The van der Waals surface area contributed by atoms with Crippen LogP contribution in [0.4, 0.5) is 0 Å². The average Bonchev–Trinajstić information content (AvgIpc) is 2.40. The Kier molecular flexibility index (Phi) is 14.3. The van der Waals surface area contributed by atoms with Crippen molar-refractivity contribution >= 4 is 0 Å².